The molecular weight excluding hydrogens is 325 g/mol. The number of aryl methyl sites for hydroxylation is 1. The third-order valence-electron chi connectivity index (χ3n) is 3.81. The summed E-state index contributed by atoms with van der Waals surface area (Å²) in [6.45, 7) is 4.38. The van der Waals surface area contributed by atoms with E-state index >= 15 is 0 Å². The van der Waals surface area contributed by atoms with Crippen LogP contribution in [0.25, 0.3) is 0 Å². The molecule has 1 aromatic rings. The quantitative estimate of drug-likeness (QED) is 0.914. The molecule has 0 bridgehead atoms. The van der Waals surface area contributed by atoms with Gasteiger partial charge >= 0.3 is 6.18 Å². The normalized spacial score (nSPS) is 21.2. The van der Waals surface area contributed by atoms with Crippen molar-refractivity contribution < 1.29 is 27.8 Å². The zero-order valence-corrected chi connectivity index (χ0v) is 13.6. The van der Waals surface area contributed by atoms with Crippen LogP contribution in [0.15, 0.2) is 29.4 Å². The summed E-state index contributed by atoms with van der Waals surface area (Å²) in [6, 6.07) is 6.80. The van der Waals surface area contributed by atoms with E-state index in [1.165, 1.54) is 0 Å². The molecular formula is C16H19F3N2O3. The maximum atomic E-state index is 13.3. The number of benzene rings is 1. The number of amides is 1. The summed E-state index contributed by atoms with van der Waals surface area (Å²) in [4.78, 5) is 12.2. The predicted molar refractivity (Wildman–Crippen MR) is 81.4 cm³/mol. The average Bonchev–Trinajstić information content (AvgIpc) is 2.85. The highest BCUT2D eigenvalue weighted by Gasteiger charge is 2.63. The Hall–Kier alpha value is -2.09. The largest absolute Gasteiger partial charge is 0.483 e. The van der Waals surface area contributed by atoms with E-state index < -0.39 is 30.8 Å². The Balaban J connectivity index is 2.20. The van der Waals surface area contributed by atoms with Crippen molar-refractivity contribution in [2.75, 3.05) is 6.61 Å². The summed E-state index contributed by atoms with van der Waals surface area (Å²) in [5.41, 5.74) is -2.48. The van der Waals surface area contributed by atoms with Crippen LogP contribution in [-0.2, 0) is 4.79 Å². The fourth-order valence-electron chi connectivity index (χ4n) is 2.29. The van der Waals surface area contributed by atoms with Gasteiger partial charge in [-0.1, -0.05) is 32.0 Å². The molecule has 24 heavy (non-hydrogen) atoms. The molecule has 8 heteroatoms. The standard InChI is InChI=1S/C16H19F3N2O3/c1-10(2)12-8-15(23,16(17,18)19)21(20-12)14(22)9-24-13-7-5-4-6-11(13)3/h4-7,10,23H,8-9H2,1-3H3/t15-/m0/s1. The Labute approximate surface area is 137 Å². The number of para-hydroxylation sites is 1. The lowest BCUT2D eigenvalue weighted by atomic mass is 9.99. The Kier molecular flexibility index (Phi) is 4.89. The second kappa shape index (κ2) is 6.43. The van der Waals surface area contributed by atoms with Crippen LogP contribution in [-0.4, -0.2) is 40.2 Å². The second-order valence-corrected chi connectivity index (χ2v) is 6.00. The molecule has 1 atom stereocenters. The summed E-state index contributed by atoms with van der Waals surface area (Å²) >= 11 is 0. The summed E-state index contributed by atoms with van der Waals surface area (Å²) in [6.07, 6.45) is -5.78. The third-order valence-corrected chi connectivity index (χ3v) is 3.81. The molecule has 0 radical (unpaired) electrons. The van der Waals surface area contributed by atoms with Crippen molar-refractivity contribution >= 4 is 11.6 Å². The smallest absolute Gasteiger partial charge is 0.438 e. The minimum Gasteiger partial charge on any atom is -0.483 e. The van der Waals surface area contributed by atoms with Crippen molar-refractivity contribution in [2.45, 2.75) is 39.1 Å². The number of carbonyl (C=O) groups excluding carboxylic acids is 1. The fraction of sp³-hybridized carbons (Fsp3) is 0.500. The lowest BCUT2D eigenvalue weighted by Crippen LogP contribution is -2.57. The van der Waals surface area contributed by atoms with Crippen LogP contribution in [0.3, 0.4) is 0 Å². The topological polar surface area (TPSA) is 62.1 Å². The molecule has 1 aliphatic rings. The van der Waals surface area contributed by atoms with Gasteiger partial charge in [-0.15, -0.1) is 0 Å². The average molecular weight is 344 g/mol. The minimum atomic E-state index is -5.02. The van der Waals surface area contributed by atoms with Gasteiger partial charge in [0.25, 0.3) is 11.6 Å². The van der Waals surface area contributed by atoms with Crippen molar-refractivity contribution in [3.8, 4) is 5.75 Å². The number of halogens is 3. The zero-order valence-electron chi connectivity index (χ0n) is 13.6. The summed E-state index contributed by atoms with van der Waals surface area (Å²) in [7, 11) is 0. The Morgan fingerprint density at radius 2 is 2.04 bits per heavy atom. The molecule has 0 spiro atoms. The minimum absolute atomic E-state index is 0.0978. The van der Waals surface area contributed by atoms with E-state index in [2.05, 4.69) is 5.10 Å². The molecule has 0 fully saturated rings. The first kappa shape index (κ1) is 18.3. The van der Waals surface area contributed by atoms with Gasteiger partial charge in [-0.25, -0.2) is 0 Å². The number of hydrogen-bond acceptors (Lipinski definition) is 4. The molecule has 0 saturated heterocycles. The van der Waals surface area contributed by atoms with Crippen LogP contribution in [0.2, 0.25) is 0 Å². The number of carbonyl (C=O) groups is 1. The Morgan fingerprint density at radius 3 is 2.58 bits per heavy atom. The van der Waals surface area contributed by atoms with Crippen molar-refractivity contribution in [2.24, 2.45) is 11.0 Å². The van der Waals surface area contributed by atoms with Crippen LogP contribution >= 0.6 is 0 Å². The first-order valence-electron chi connectivity index (χ1n) is 7.44. The van der Waals surface area contributed by atoms with Crippen LogP contribution in [0.4, 0.5) is 13.2 Å². The molecule has 0 saturated carbocycles. The molecule has 1 amide bonds. The molecule has 0 unspecified atom stereocenters. The molecule has 1 aromatic carbocycles. The van der Waals surface area contributed by atoms with Gasteiger partial charge in [0.05, 0.1) is 0 Å². The van der Waals surface area contributed by atoms with Crippen molar-refractivity contribution in [1.82, 2.24) is 5.01 Å². The highest BCUT2D eigenvalue weighted by atomic mass is 19.4. The first-order valence-corrected chi connectivity index (χ1v) is 7.44. The molecule has 1 heterocycles. The van der Waals surface area contributed by atoms with Crippen molar-refractivity contribution in [1.29, 1.82) is 0 Å². The number of nitrogens with zero attached hydrogens (tertiary/aromatic N) is 2. The van der Waals surface area contributed by atoms with E-state index in [9.17, 15) is 23.1 Å². The van der Waals surface area contributed by atoms with E-state index in [1.807, 2.05) is 0 Å². The van der Waals surface area contributed by atoms with Gasteiger partial charge < -0.3 is 9.84 Å². The molecule has 0 aromatic heterocycles. The van der Waals surface area contributed by atoms with Gasteiger partial charge in [0.1, 0.15) is 5.75 Å². The van der Waals surface area contributed by atoms with Gasteiger partial charge in [0, 0.05) is 12.1 Å². The highest BCUT2D eigenvalue weighted by Crippen LogP contribution is 2.41. The second-order valence-electron chi connectivity index (χ2n) is 6.00. The maximum absolute atomic E-state index is 13.3. The molecule has 0 aliphatic carbocycles. The monoisotopic (exact) mass is 344 g/mol. The fourth-order valence-corrected chi connectivity index (χ4v) is 2.29. The van der Waals surface area contributed by atoms with Gasteiger partial charge in [-0.2, -0.15) is 23.3 Å². The molecule has 1 aliphatic heterocycles. The lowest BCUT2D eigenvalue weighted by molar-refractivity contribution is -0.302. The number of hydrazone groups is 1. The molecule has 1 N–H and O–H groups in total. The van der Waals surface area contributed by atoms with Gasteiger partial charge in [-0.05, 0) is 24.5 Å². The number of ether oxygens (including phenoxy) is 1. The lowest BCUT2D eigenvalue weighted by Gasteiger charge is -2.32. The van der Waals surface area contributed by atoms with E-state index in [-0.39, 0.29) is 16.6 Å². The molecule has 2 rings (SSSR count). The zero-order chi connectivity index (χ0) is 18.1. The van der Waals surface area contributed by atoms with Crippen LogP contribution in [0.5, 0.6) is 5.75 Å². The highest BCUT2D eigenvalue weighted by molar-refractivity contribution is 5.92. The number of rotatable bonds is 4. The Bertz CT molecular complexity index is 658. The van der Waals surface area contributed by atoms with Crippen LogP contribution in [0, 0.1) is 12.8 Å². The van der Waals surface area contributed by atoms with Gasteiger partial charge in [-0.3, -0.25) is 4.79 Å². The Morgan fingerprint density at radius 1 is 1.42 bits per heavy atom. The van der Waals surface area contributed by atoms with Crippen molar-refractivity contribution in [3.05, 3.63) is 29.8 Å². The third kappa shape index (κ3) is 3.38. The summed E-state index contributed by atoms with van der Waals surface area (Å²) in [5.74, 6) is -1.00. The first-order chi connectivity index (χ1) is 11.1. The SMILES string of the molecule is Cc1ccccc1OCC(=O)N1N=C(C(C)C)C[C@]1(O)C(F)(F)F. The molecule has 132 valence electrons. The van der Waals surface area contributed by atoms with E-state index in [0.717, 1.165) is 5.56 Å². The van der Waals surface area contributed by atoms with Crippen LogP contribution in [0.1, 0.15) is 25.8 Å². The summed E-state index contributed by atoms with van der Waals surface area (Å²) < 4.78 is 45.1. The number of alkyl halides is 3. The van der Waals surface area contributed by atoms with Gasteiger partial charge in [0.15, 0.2) is 6.61 Å². The number of aliphatic hydroxyl groups is 1. The van der Waals surface area contributed by atoms with E-state index in [1.54, 1.807) is 45.0 Å². The predicted octanol–water partition coefficient (Wildman–Crippen LogP) is 2.87. The summed E-state index contributed by atoms with van der Waals surface area (Å²) in [5, 5.41) is 13.8. The van der Waals surface area contributed by atoms with Gasteiger partial charge in [0.2, 0.25) is 0 Å². The maximum Gasteiger partial charge on any atom is 0.438 e. The van der Waals surface area contributed by atoms with E-state index in [0.29, 0.717) is 5.75 Å². The van der Waals surface area contributed by atoms with Crippen LogP contribution < -0.4 is 4.74 Å². The van der Waals surface area contributed by atoms with E-state index in [4.69, 9.17) is 4.74 Å². The molecule has 5 nitrogen and oxygen atoms in total. The van der Waals surface area contributed by atoms with Crippen molar-refractivity contribution in [3.63, 3.8) is 0 Å². The number of hydrogen-bond donors (Lipinski definition) is 1.